The highest BCUT2D eigenvalue weighted by Crippen LogP contribution is 2.35. The van der Waals surface area contributed by atoms with Crippen LogP contribution in [0.4, 0.5) is 5.69 Å². The molecule has 0 bridgehead atoms. The maximum Gasteiger partial charge on any atom is 0.0642 e. The molecule has 1 atom stereocenters. The minimum Gasteiger partial charge on any atom is -0.369 e. The maximum absolute atomic E-state index is 6.24. The second kappa shape index (κ2) is 4.42. The minimum atomic E-state index is 0.558. The fourth-order valence-corrected chi connectivity index (χ4v) is 2.66. The number of nitrogens with one attached hydrogen (secondary N) is 1. The quantitative estimate of drug-likeness (QED) is 0.830. The molecule has 82 valence electrons. The molecule has 0 aromatic heterocycles. The number of halogens is 1. The van der Waals surface area contributed by atoms with Crippen molar-refractivity contribution in [3.63, 3.8) is 0 Å². The van der Waals surface area contributed by atoms with Crippen LogP contribution in [0.15, 0.2) is 18.2 Å². The molecule has 1 aromatic carbocycles. The van der Waals surface area contributed by atoms with Crippen molar-refractivity contribution in [2.45, 2.75) is 18.9 Å². The van der Waals surface area contributed by atoms with Gasteiger partial charge in [-0.05, 0) is 31.5 Å². The van der Waals surface area contributed by atoms with Crippen molar-refractivity contribution >= 4 is 17.3 Å². The van der Waals surface area contributed by atoms with Crippen LogP contribution in [0.5, 0.6) is 0 Å². The van der Waals surface area contributed by atoms with Crippen LogP contribution in [0.1, 0.15) is 12.0 Å². The van der Waals surface area contributed by atoms with Gasteiger partial charge < -0.3 is 10.2 Å². The number of anilines is 1. The summed E-state index contributed by atoms with van der Waals surface area (Å²) in [6.45, 7) is 1.02. The first-order valence-electron chi connectivity index (χ1n) is 5.39. The Balaban J connectivity index is 2.32. The number of hydrogen-bond acceptors (Lipinski definition) is 2. The average molecular weight is 225 g/mol. The van der Waals surface area contributed by atoms with Gasteiger partial charge in [0.2, 0.25) is 0 Å². The van der Waals surface area contributed by atoms with Crippen LogP contribution in [-0.4, -0.2) is 26.7 Å². The molecule has 1 aromatic rings. The summed E-state index contributed by atoms with van der Waals surface area (Å²) in [4.78, 5) is 2.30. The molecule has 0 saturated carbocycles. The summed E-state index contributed by atoms with van der Waals surface area (Å²) >= 11 is 6.24. The third kappa shape index (κ3) is 1.97. The SMILES string of the molecule is CNCC1CCc2cccc(Cl)c2N1C. The van der Waals surface area contributed by atoms with E-state index < -0.39 is 0 Å². The van der Waals surface area contributed by atoms with Gasteiger partial charge >= 0.3 is 0 Å². The molecule has 0 aliphatic carbocycles. The fourth-order valence-electron chi connectivity index (χ4n) is 2.33. The zero-order valence-corrected chi connectivity index (χ0v) is 10.0. The van der Waals surface area contributed by atoms with Gasteiger partial charge in [-0.25, -0.2) is 0 Å². The average Bonchev–Trinajstić information content (AvgIpc) is 2.22. The van der Waals surface area contributed by atoms with Crippen molar-refractivity contribution in [2.75, 3.05) is 25.5 Å². The molecule has 0 spiro atoms. The van der Waals surface area contributed by atoms with E-state index in [0.29, 0.717) is 6.04 Å². The standard InChI is InChI=1S/C12H17ClN2/c1-14-8-10-7-6-9-4-3-5-11(13)12(9)15(10)2/h3-5,10,14H,6-8H2,1-2H3. The summed E-state index contributed by atoms with van der Waals surface area (Å²) in [5.74, 6) is 0. The molecule has 1 unspecified atom stereocenters. The lowest BCUT2D eigenvalue weighted by Crippen LogP contribution is -2.42. The van der Waals surface area contributed by atoms with Crippen molar-refractivity contribution in [3.8, 4) is 0 Å². The van der Waals surface area contributed by atoms with Gasteiger partial charge in [0.15, 0.2) is 0 Å². The topological polar surface area (TPSA) is 15.3 Å². The van der Waals surface area contributed by atoms with Crippen LogP contribution in [0, 0.1) is 0 Å². The molecule has 0 amide bonds. The number of hydrogen-bond donors (Lipinski definition) is 1. The number of fused-ring (bicyclic) bond motifs is 1. The van der Waals surface area contributed by atoms with E-state index in [-0.39, 0.29) is 0 Å². The Labute approximate surface area is 96.2 Å². The molecular formula is C12H17ClN2. The second-order valence-corrected chi connectivity index (χ2v) is 4.52. The van der Waals surface area contributed by atoms with Gasteiger partial charge in [-0.1, -0.05) is 23.7 Å². The van der Waals surface area contributed by atoms with Crippen LogP contribution in [0.25, 0.3) is 0 Å². The minimum absolute atomic E-state index is 0.558. The number of aryl methyl sites for hydroxylation is 1. The van der Waals surface area contributed by atoms with E-state index in [1.807, 2.05) is 19.2 Å². The monoisotopic (exact) mass is 224 g/mol. The van der Waals surface area contributed by atoms with Gasteiger partial charge in [-0.3, -0.25) is 0 Å². The zero-order valence-electron chi connectivity index (χ0n) is 9.26. The summed E-state index contributed by atoms with van der Waals surface area (Å²) in [5.41, 5.74) is 2.59. The molecule has 1 heterocycles. The lowest BCUT2D eigenvalue weighted by molar-refractivity contribution is 0.530. The molecule has 15 heavy (non-hydrogen) atoms. The lowest BCUT2D eigenvalue weighted by Gasteiger charge is -2.36. The van der Waals surface area contributed by atoms with Gasteiger partial charge in [0.25, 0.3) is 0 Å². The van der Waals surface area contributed by atoms with E-state index in [4.69, 9.17) is 11.6 Å². The van der Waals surface area contributed by atoms with Crippen molar-refractivity contribution in [3.05, 3.63) is 28.8 Å². The van der Waals surface area contributed by atoms with E-state index in [0.717, 1.165) is 18.0 Å². The number of para-hydroxylation sites is 1. The summed E-state index contributed by atoms with van der Waals surface area (Å²) in [6.07, 6.45) is 2.33. The van der Waals surface area contributed by atoms with Crippen molar-refractivity contribution in [1.29, 1.82) is 0 Å². The molecule has 1 N–H and O–H groups in total. The molecule has 1 aliphatic heterocycles. The fraction of sp³-hybridized carbons (Fsp3) is 0.500. The highest BCUT2D eigenvalue weighted by atomic mass is 35.5. The highest BCUT2D eigenvalue weighted by molar-refractivity contribution is 6.33. The van der Waals surface area contributed by atoms with Crippen molar-refractivity contribution in [1.82, 2.24) is 5.32 Å². The van der Waals surface area contributed by atoms with E-state index >= 15 is 0 Å². The highest BCUT2D eigenvalue weighted by Gasteiger charge is 2.24. The molecule has 3 heteroatoms. The smallest absolute Gasteiger partial charge is 0.0642 e. The van der Waals surface area contributed by atoms with Gasteiger partial charge in [-0.15, -0.1) is 0 Å². The van der Waals surface area contributed by atoms with Gasteiger partial charge in [0.1, 0.15) is 0 Å². The Morgan fingerprint density at radius 3 is 3.07 bits per heavy atom. The van der Waals surface area contributed by atoms with Crippen molar-refractivity contribution < 1.29 is 0 Å². The first-order valence-corrected chi connectivity index (χ1v) is 5.76. The number of likely N-dealkylation sites (N-methyl/N-ethyl adjacent to an activating group) is 2. The largest absolute Gasteiger partial charge is 0.369 e. The third-order valence-electron chi connectivity index (χ3n) is 3.16. The van der Waals surface area contributed by atoms with Gasteiger partial charge in [0.05, 0.1) is 10.7 Å². The molecule has 2 rings (SSSR count). The number of nitrogens with zero attached hydrogens (tertiary/aromatic N) is 1. The lowest BCUT2D eigenvalue weighted by atomic mass is 9.96. The van der Waals surface area contributed by atoms with Crippen LogP contribution >= 0.6 is 11.6 Å². The Hall–Kier alpha value is -0.730. The molecule has 2 nitrogen and oxygen atoms in total. The number of benzene rings is 1. The van der Waals surface area contributed by atoms with Crippen molar-refractivity contribution in [2.24, 2.45) is 0 Å². The van der Waals surface area contributed by atoms with E-state index in [9.17, 15) is 0 Å². The summed E-state index contributed by atoms with van der Waals surface area (Å²) < 4.78 is 0. The predicted octanol–water partition coefficient (Wildman–Crippen LogP) is 2.31. The first kappa shape index (κ1) is 10.8. The number of rotatable bonds is 2. The Bertz CT molecular complexity index is 351. The molecule has 1 aliphatic rings. The van der Waals surface area contributed by atoms with E-state index in [1.54, 1.807) is 0 Å². The predicted molar refractivity (Wildman–Crippen MR) is 65.9 cm³/mol. The van der Waals surface area contributed by atoms with Crippen LogP contribution in [-0.2, 0) is 6.42 Å². The summed E-state index contributed by atoms with van der Waals surface area (Å²) in [6, 6.07) is 6.74. The zero-order chi connectivity index (χ0) is 10.8. The van der Waals surface area contributed by atoms with Crippen LogP contribution in [0.2, 0.25) is 5.02 Å². The Morgan fingerprint density at radius 1 is 1.53 bits per heavy atom. The second-order valence-electron chi connectivity index (χ2n) is 4.11. The van der Waals surface area contributed by atoms with Crippen LogP contribution in [0.3, 0.4) is 0 Å². The van der Waals surface area contributed by atoms with Gasteiger partial charge in [0, 0.05) is 19.6 Å². The van der Waals surface area contributed by atoms with E-state index in [2.05, 4.69) is 23.3 Å². The summed E-state index contributed by atoms with van der Waals surface area (Å²) in [5, 5.41) is 4.10. The Morgan fingerprint density at radius 2 is 2.33 bits per heavy atom. The Kier molecular flexibility index (Phi) is 3.17. The molecule has 0 saturated heterocycles. The normalized spacial score (nSPS) is 20.2. The molecular weight excluding hydrogens is 208 g/mol. The maximum atomic E-state index is 6.24. The first-order chi connectivity index (χ1) is 7.24. The third-order valence-corrected chi connectivity index (χ3v) is 3.46. The molecule has 0 fully saturated rings. The van der Waals surface area contributed by atoms with E-state index in [1.165, 1.54) is 17.7 Å². The van der Waals surface area contributed by atoms with Crippen LogP contribution < -0.4 is 10.2 Å². The molecule has 0 radical (unpaired) electrons. The van der Waals surface area contributed by atoms with Gasteiger partial charge in [-0.2, -0.15) is 0 Å². The summed E-state index contributed by atoms with van der Waals surface area (Å²) in [7, 11) is 4.13.